The Labute approximate surface area is 129 Å². The summed E-state index contributed by atoms with van der Waals surface area (Å²) in [5, 5.41) is 9.16. The van der Waals surface area contributed by atoms with Crippen LogP contribution in [-0.4, -0.2) is 54.9 Å². The summed E-state index contributed by atoms with van der Waals surface area (Å²) in [7, 11) is -1.61. The molecule has 124 valence electrons. The van der Waals surface area contributed by atoms with Crippen LogP contribution >= 0.6 is 0 Å². The molecule has 2 aliphatic rings. The molecule has 6 heteroatoms. The minimum Gasteiger partial charge on any atom is -0.396 e. The number of rotatable bonds is 4. The van der Waals surface area contributed by atoms with Gasteiger partial charge in [-0.25, -0.2) is 0 Å². The highest BCUT2D eigenvalue weighted by Crippen LogP contribution is 2.37. The van der Waals surface area contributed by atoms with Crippen LogP contribution in [0.4, 0.5) is 0 Å². The van der Waals surface area contributed by atoms with E-state index >= 15 is 0 Å². The molecular formula is C15H30N2O3S. The molecule has 0 amide bonds. The van der Waals surface area contributed by atoms with Gasteiger partial charge >= 0.3 is 0 Å². The summed E-state index contributed by atoms with van der Waals surface area (Å²) in [6.45, 7) is 5.77. The maximum atomic E-state index is 12.7. The fraction of sp³-hybridized carbons (Fsp3) is 1.00. The highest BCUT2D eigenvalue weighted by Gasteiger charge is 2.37. The molecule has 2 rings (SSSR count). The molecule has 1 N–H and O–H groups in total. The maximum absolute atomic E-state index is 12.7. The third-order valence-electron chi connectivity index (χ3n) is 5.34. The largest absolute Gasteiger partial charge is 0.396 e. The van der Waals surface area contributed by atoms with Crippen molar-refractivity contribution in [1.29, 1.82) is 0 Å². The molecule has 0 unspecified atom stereocenters. The fourth-order valence-electron chi connectivity index (χ4n) is 3.44. The zero-order valence-corrected chi connectivity index (χ0v) is 14.4. The van der Waals surface area contributed by atoms with Crippen LogP contribution in [0.2, 0.25) is 0 Å². The van der Waals surface area contributed by atoms with Crippen molar-refractivity contribution in [2.75, 3.05) is 26.7 Å². The first-order chi connectivity index (χ1) is 9.76. The molecule has 21 heavy (non-hydrogen) atoms. The van der Waals surface area contributed by atoms with Gasteiger partial charge in [0.05, 0.1) is 0 Å². The van der Waals surface area contributed by atoms with E-state index in [9.17, 15) is 8.42 Å². The zero-order valence-electron chi connectivity index (χ0n) is 13.6. The topological polar surface area (TPSA) is 60.9 Å². The standard InChI is InChI=1S/C15H30N2O3S/c1-15(2)8-4-14(5-9-15)16(3)21(19,20)17-10-6-13(12-18)7-11-17/h13-14,18H,4-12H2,1-3H3. The Morgan fingerprint density at radius 3 is 2.14 bits per heavy atom. The van der Waals surface area contributed by atoms with Crippen LogP contribution in [0.5, 0.6) is 0 Å². The molecule has 0 radical (unpaired) electrons. The number of hydrogen-bond acceptors (Lipinski definition) is 3. The third-order valence-corrected chi connectivity index (χ3v) is 7.39. The zero-order chi connectivity index (χ0) is 15.7. The molecular weight excluding hydrogens is 288 g/mol. The van der Waals surface area contributed by atoms with Gasteiger partial charge in [0.1, 0.15) is 0 Å². The first kappa shape index (κ1) is 17.2. The molecule has 1 heterocycles. The second-order valence-electron chi connectivity index (χ2n) is 7.44. The van der Waals surface area contributed by atoms with Crippen molar-refractivity contribution >= 4 is 10.2 Å². The van der Waals surface area contributed by atoms with E-state index in [1.165, 1.54) is 0 Å². The number of nitrogens with zero attached hydrogens (tertiary/aromatic N) is 2. The summed E-state index contributed by atoms with van der Waals surface area (Å²) in [6.07, 6.45) is 5.61. The molecule has 0 spiro atoms. The SMILES string of the molecule is CN(C1CCC(C)(C)CC1)S(=O)(=O)N1CCC(CO)CC1. The Morgan fingerprint density at radius 2 is 1.67 bits per heavy atom. The summed E-state index contributed by atoms with van der Waals surface area (Å²) in [4.78, 5) is 0. The molecule has 0 aromatic heterocycles. The van der Waals surface area contributed by atoms with E-state index in [0.29, 0.717) is 18.5 Å². The molecule has 0 atom stereocenters. The lowest BCUT2D eigenvalue weighted by Crippen LogP contribution is -2.50. The van der Waals surface area contributed by atoms with Crippen LogP contribution in [0.1, 0.15) is 52.4 Å². The van der Waals surface area contributed by atoms with E-state index in [4.69, 9.17) is 5.11 Å². The van der Waals surface area contributed by atoms with Gasteiger partial charge in [0, 0.05) is 32.8 Å². The average Bonchev–Trinajstić information content (AvgIpc) is 2.46. The van der Waals surface area contributed by atoms with Crippen molar-refractivity contribution in [1.82, 2.24) is 8.61 Å². The quantitative estimate of drug-likeness (QED) is 0.860. The van der Waals surface area contributed by atoms with Gasteiger partial charge in [-0.2, -0.15) is 17.0 Å². The second kappa shape index (κ2) is 6.52. The summed E-state index contributed by atoms with van der Waals surface area (Å²) in [5.74, 6) is 0.261. The fourth-order valence-corrected chi connectivity index (χ4v) is 5.06. The predicted octanol–water partition coefficient (Wildman–Crippen LogP) is 1.84. The van der Waals surface area contributed by atoms with E-state index in [1.54, 1.807) is 15.7 Å². The van der Waals surface area contributed by atoms with Crippen molar-refractivity contribution in [3.63, 3.8) is 0 Å². The van der Waals surface area contributed by atoms with Crippen molar-refractivity contribution in [2.45, 2.75) is 58.4 Å². The third kappa shape index (κ3) is 3.97. The molecule has 5 nitrogen and oxygen atoms in total. The van der Waals surface area contributed by atoms with Gasteiger partial charge in [0.15, 0.2) is 0 Å². The molecule has 2 fully saturated rings. The van der Waals surface area contributed by atoms with Crippen molar-refractivity contribution in [3.8, 4) is 0 Å². The Bertz CT molecular complexity index is 432. The lowest BCUT2D eigenvalue weighted by atomic mass is 9.76. The van der Waals surface area contributed by atoms with Crippen molar-refractivity contribution < 1.29 is 13.5 Å². The Kier molecular flexibility index (Phi) is 5.34. The molecule has 0 aromatic carbocycles. The van der Waals surface area contributed by atoms with Crippen LogP contribution in [0.25, 0.3) is 0 Å². The van der Waals surface area contributed by atoms with E-state index < -0.39 is 10.2 Å². The van der Waals surface area contributed by atoms with Gasteiger partial charge in [-0.05, 0) is 49.9 Å². The minimum absolute atomic E-state index is 0.138. The summed E-state index contributed by atoms with van der Waals surface area (Å²) >= 11 is 0. The predicted molar refractivity (Wildman–Crippen MR) is 84.1 cm³/mol. The van der Waals surface area contributed by atoms with Crippen LogP contribution in [0, 0.1) is 11.3 Å². The summed E-state index contributed by atoms with van der Waals surface area (Å²) < 4.78 is 28.7. The molecule has 0 bridgehead atoms. The highest BCUT2D eigenvalue weighted by molar-refractivity contribution is 7.86. The van der Waals surface area contributed by atoms with Crippen molar-refractivity contribution in [2.24, 2.45) is 11.3 Å². The number of hydrogen-bond donors (Lipinski definition) is 1. The molecule has 1 saturated carbocycles. The van der Waals surface area contributed by atoms with Crippen LogP contribution in [0.3, 0.4) is 0 Å². The molecule has 1 aliphatic heterocycles. The first-order valence-corrected chi connectivity index (χ1v) is 9.50. The van der Waals surface area contributed by atoms with Gasteiger partial charge in [-0.15, -0.1) is 0 Å². The van der Waals surface area contributed by atoms with E-state index in [2.05, 4.69) is 13.8 Å². The van der Waals surface area contributed by atoms with Gasteiger partial charge in [-0.3, -0.25) is 0 Å². The Balaban J connectivity index is 1.96. The lowest BCUT2D eigenvalue weighted by Gasteiger charge is -2.40. The number of aliphatic hydroxyl groups excluding tert-OH is 1. The monoisotopic (exact) mass is 318 g/mol. The van der Waals surface area contributed by atoms with E-state index in [1.807, 2.05) is 0 Å². The number of aliphatic hydroxyl groups is 1. The Hall–Kier alpha value is -0.170. The normalized spacial score (nSPS) is 26.3. The minimum atomic E-state index is -3.35. The lowest BCUT2D eigenvalue weighted by molar-refractivity contribution is 0.152. The Morgan fingerprint density at radius 1 is 1.14 bits per heavy atom. The molecule has 1 aliphatic carbocycles. The number of piperidine rings is 1. The average molecular weight is 318 g/mol. The van der Waals surface area contributed by atoms with Crippen molar-refractivity contribution in [3.05, 3.63) is 0 Å². The second-order valence-corrected chi connectivity index (χ2v) is 9.43. The smallest absolute Gasteiger partial charge is 0.281 e. The summed E-state index contributed by atoms with van der Waals surface area (Å²) in [5.41, 5.74) is 0.348. The van der Waals surface area contributed by atoms with Gasteiger partial charge in [-0.1, -0.05) is 13.8 Å². The van der Waals surface area contributed by atoms with E-state index in [0.717, 1.165) is 38.5 Å². The van der Waals surface area contributed by atoms with Gasteiger partial charge in [0.25, 0.3) is 10.2 Å². The van der Waals surface area contributed by atoms with Gasteiger partial charge in [0.2, 0.25) is 0 Å². The van der Waals surface area contributed by atoms with Gasteiger partial charge < -0.3 is 5.11 Å². The van der Waals surface area contributed by atoms with Crippen LogP contribution < -0.4 is 0 Å². The summed E-state index contributed by atoms with van der Waals surface area (Å²) in [6, 6.07) is 0.138. The van der Waals surface area contributed by atoms with Crippen LogP contribution in [-0.2, 0) is 10.2 Å². The maximum Gasteiger partial charge on any atom is 0.281 e. The van der Waals surface area contributed by atoms with Crippen LogP contribution in [0.15, 0.2) is 0 Å². The van der Waals surface area contributed by atoms with E-state index in [-0.39, 0.29) is 18.6 Å². The first-order valence-electron chi connectivity index (χ1n) is 8.10. The molecule has 1 saturated heterocycles. The molecule has 0 aromatic rings. The highest BCUT2D eigenvalue weighted by atomic mass is 32.2.